The summed E-state index contributed by atoms with van der Waals surface area (Å²) < 4.78 is 16.4. The predicted octanol–water partition coefficient (Wildman–Crippen LogP) is 1.65. The summed E-state index contributed by atoms with van der Waals surface area (Å²) in [6.45, 7) is 0.954. The van der Waals surface area contributed by atoms with Gasteiger partial charge in [0.2, 0.25) is 5.75 Å². The first-order valence-corrected chi connectivity index (χ1v) is 7.06. The van der Waals surface area contributed by atoms with Crippen molar-refractivity contribution in [3.63, 3.8) is 0 Å². The summed E-state index contributed by atoms with van der Waals surface area (Å²) >= 11 is 5.84. The Labute approximate surface area is 136 Å². The van der Waals surface area contributed by atoms with Crippen molar-refractivity contribution in [2.75, 3.05) is 25.7 Å². The fraction of sp³-hybridized carbons (Fsp3) is 0.214. The molecule has 2 N–H and O–H groups in total. The quantitative estimate of drug-likeness (QED) is 0.650. The molecule has 1 aliphatic rings. The van der Waals surface area contributed by atoms with Crippen LogP contribution in [0.15, 0.2) is 28.2 Å². The third kappa shape index (κ3) is 3.21. The van der Waals surface area contributed by atoms with E-state index in [-0.39, 0.29) is 5.02 Å². The summed E-state index contributed by atoms with van der Waals surface area (Å²) in [5, 5.41) is 9.88. The maximum Gasteiger partial charge on any atom is 0.285 e. The zero-order valence-electron chi connectivity index (χ0n) is 12.1. The lowest BCUT2D eigenvalue weighted by Gasteiger charge is -2.20. The van der Waals surface area contributed by atoms with Crippen LogP contribution in [0.1, 0.15) is 5.56 Å². The average molecular weight is 337 g/mol. The maximum absolute atomic E-state index is 11.3. The fourth-order valence-corrected chi connectivity index (χ4v) is 2.14. The molecule has 0 saturated carbocycles. The van der Waals surface area contributed by atoms with Crippen molar-refractivity contribution in [1.29, 1.82) is 0 Å². The monoisotopic (exact) mass is 336 g/mol. The fourth-order valence-electron chi connectivity index (χ4n) is 2.01. The van der Waals surface area contributed by atoms with E-state index in [1.165, 1.54) is 12.4 Å². The van der Waals surface area contributed by atoms with E-state index in [1.54, 1.807) is 19.2 Å². The van der Waals surface area contributed by atoms with Gasteiger partial charge in [0, 0.05) is 5.56 Å². The van der Waals surface area contributed by atoms with Crippen LogP contribution in [-0.4, -0.2) is 36.7 Å². The third-order valence-corrected chi connectivity index (χ3v) is 3.42. The predicted molar refractivity (Wildman–Crippen MR) is 85.1 cm³/mol. The second kappa shape index (κ2) is 6.57. The van der Waals surface area contributed by atoms with Crippen molar-refractivity contribution in [3.05, 3.63) is 39.3 Å². The number of hydrazone groups is 1. The molecule has 1 aliphatic heterocycles. The summed E-state index contributed by atoms with van der Waals surface area (Å²) in [6, 6.07) is 3.54. The van der Waals surface area contributed by atoms with Crippen LogP contribution >= 0.6 is 11.6 Å². The molecular weight excluding hydrogens is 324 g/mol. The van der Waals surface area contributed by atoms with E-state index in [1.807, 2.05) is 0 Å². The molecule has 1 aromatic carbocycles. The minimum Gasteiger partial charge on any atom is -0.493 e. The Morgan fingerprint density at radius 3 is 3.09 bits per heavy atom. The molecule has 0 fully saturated rings. The van der Waals surface area contributed by atoms with Gasteiger partial charge in [0.1, 0.15) is 23.9 Å². The molecule has 0 spiro atoms. The minimum absolute atomic E-state index is 0.0168. The van der Waals surface area contributed by atoms with Gasteiger partial charge in [0.05, 0.1) is 19.5 Å². The molecule has 3 rings (SSSR count). The van der Waals surface area contributed by atoms with E-state index in [9.17, 15) is 4.79 Å². The number of halogens is 1. The first kappa shape index (κ1) is 15.2. The number of nitrogens with one attached hydrogen (secondary N) is 2. The standard InChI is InChI=1S/C14H13ClN4O4/c1-21-10-4-8(5-11-13(10)23-3-2-22-11)6-16-18-9-7-17-19-14(20)12(9)15/h4-7H,2-3H2,1H3,(H2,18,19,20)/b16-6-. The smallest absolute Gasteiger partial charge is 0.285 e. The van der Waals surface area contributed by atoms with Gasteiger partial charge in [-0.3, -0.25) is 10.2 Å². The van der Waals surface area contributed by atoms with Crippen molar-refractivity contribution in [2.45, 2.75) is 0 Å². The number of nitrogens with zero attached hydrogens (tertiary/aromatic N) is 2. The SMILES string of the molecule is COc1cc(/C=N\Nc2cn[nH]c(=O)c2Cl)cc2c1OCCO2. The van der Waals surface area contributed by atoms with Gasteiger partial charge in [0.15, 0.2) is 11.5 Å². The number of fused-ring (bicyclic) bond motifs is 1. The molecular formula is C14H13ClN4O4. The van der Waals surface area contributed by atoms with Gasteiger partial charge in [0.25, 0.3) is 5.56 Å². The number of ether oxygens (including phenoxy) is 3. The van der Waals surface area contributed by atoms with E-state index >= 15 is 0 Å². The molecule has 1 aromatic heterocycles. The Kier molecular flexibility index (Phi) is 4.33. The highest BCUT2D eigenvalue weighted by atomic mass is 35.5. The van der Waals surface area contributed by atoms with Crippen LogP contribution in [0.25, 0.3) is 0 Å². The Morgan fingerprint density at radius 2 is 2.26 bits per heavy atom. The third-order valence-electron chi connectivity index (χ3n) is 3.04. The van der Waals surface area contributed by atoms with Crippen LogP contribution in [0.2, 0.25) is 5.02 Å². The summed E-state index contributed by atoms with van der Waals surface area (Å²) in [5.74, 6) is 1.72. The number of anilines is 1. The summed E-state index contributed by atoms with van der Waals surface area (Å²) in [5.41, 5.74) is 3.20. The summed E-state index contributed by atoms with van der Waals surface area (Å²) in [4.78, 5) is 11.3. The minimum atomic E-state index is -0.493. The largest absolute Gasteiger partial charge is 0.493 e. The van der Waals surface area contributed by atoms with E-state index in [2.05, 4.69) is 20.7 Å². The topological polar surface area (TPSA) is 97.8 Å². The molecule has 0 bridgehead atoms. The molecule has 2 heterocycles. The van der Waals surface area contributed by atoms with Crippen LogP contribution in [-0.2, 0) is 0 Å². The lowest BCUT2D eigenvalue weighted by molar-refractivity contribution is 0.165. The molecule has 9 heteroatoms. The first-order chi connectivity index (χ1) is 11.2. The molecule has 23 heavy (non-hydrogen) atoms. The Morgan fingerprint density at radius 1 is 1.43 bits per heavy atom. The maximum atomic E-state index is 11.3. The molecule has 0 aliphatic carbocycles. The molecule has 0 saturated heterocycles. The summed E-state index contributed by atoms with van der Waals surface area (Å²) in [7, 11) is 1.55. The number of hydrogen-bond acceptors (Lipinski definition) is 7. The second-order valence-electron chi connectivity index (χ2n) is 4.54. The lowest BCUT2D eigenvalue weighted by Crippen LogP contribution is -2.16. The Bertz CT molecular complexity index is 789. The first-order valence-electron chi connectivity index (χ1n) is 6.69. The number of aromatic nitrogens is 2. The molecule has 0 radical (unpaired) electrons. The molecule has 2 aromatic rings. The Hall–Kier alpha value is -2.74. The number of benzene rings is 1. The van der Waals surface area contributed by atoms with Crippen LogP contribution in [0, 0.1) is 0 Å². The van der Waals surface area contributed by atoms with E-state index < -0.39 is 5.56 Å². The number of hydrogen-bond donors (Lipinski definition) is 2. The lowest BCUT2D eigenvalue weighted by atomic mass is 10.2. The van der Waals surface area contributed by atoms with E-state index in [0.717, 1.165) is 5.56 Å². The van der Waals surface area contributed by atoms with Gasteiger partial charge in [-0.25, -0.2) is 5.10 Å². The van der Waals surface area contributed by atoms with Crippen LogP contribution in [0.5, 0.6) is 17.2 Å². The van der Waals surface area contributed by atoms with Gasteiger partial charge in [-0.15, -0.1) is 0 Å². The highest BCUT2D eigenvalue weighted by Crippen LogP contribution is 2.39. The normalized spacial score (nSPS) is 13.1. The van der Waals surface area contributed by atoms with E-state index in [4.69, 9.17) is 25.8 Å². The van der Waals surface area contributed by atoms with Gasteiger partial charge >= 0.3 is 0 Å². The number of rotatable bonds is 4. The van der Waals surface area contributed by atoms with Crippen molar-refractivity contribution >= 4 is 23.5 Å². The summed E-state index contributed by atoms with van der Waals surface area (Å²) in [6.07, 6.45) is 2.91. The van der Waals surface area contributed by atoms with Crippen molar-refractivity contribution in [3.8, 4) is 17.2 Å². The number of H-pyrrole nitrogens is 1. The van der Waals surface area contributed by atoms with Crippen molar-refractivity contribution < 1.29 is 14.2 Å². The number of aromatic amines is 1. The van der Waals surface area contributed by atoms with Crippen LogP contribution in [0.4, 0.5) is 5.69 Å². The highest BCUT2D eigenvalue weighted by Gasteiger charge is 2.17. The molecule has 120 valence electrons. The van der Waals surface area contributed by atoms with Gasteiger partial charge in [-0.1, -0.05) is 11.6 Å². The van der Waals surface area contributed by atoms with E-state index in [0.29, 0.717) is 36.1 Å². The Balaban J connectivity index is 1.82. The van der Waals surface area contributed by atoms with Crippen LogP contribution in [0.3, 0.4) is 0 Å². The molecule has 8 nitrogen and oxygen atoms in total. The van der Waals surface area contributed by atoms with Gasteiger partial charge in [-0.05, 0) is 12.1 Å². The zero-order valence-corrected chi connectivity index (χ0v) is 12.9. The highest BCUT2D eigenvalue weighted by molar-refractivity contribution is 6.32. The molecule has 0 atom stereocenters. The van der Waals surface area contributed by atoms with Crippen molar-refractivity contribution in [2.24, 2.45) is 5.10 Å². The number of methoxy groups -OCH3 is 1. The zero-order chi connectivity index (χ0) is 16.2. The molecule has 0 amide bonds. The van der Waals surface area contributed by atoms with Gasteiger partial charge in [-0.2, -0.15) is 10.2 Å². The van der Waals surface area contributed by atoms with Crippen LogP contribution < -0.4 is 25.2 Å². The molecule has 0 unspecified atom stereocenters. The second-order valence-corrected chi connectivity index (χ2v) is 4.92. The van der Waals surface area contributed by atoms with Gasteiger partial charge < -0.3 is 14.2 Å². The average Bonchev–Trinajstić information content (AvgIpc) is 2.58. The van der Waals surface area contributed by atoms with Crippen molar-refractivity contribution in [1.82, 2.24) is 10.2 Å².